The first-order chi connectivity index (χ1) is 12.9. The second-order valence-corrected chi connectivity index (χ2v) is 7.14. The van der Waals surface area contributed by atoms with Gasteiger partial charge in [0.2, 0.25) is 5.91 Å². The molecule has 27 heavy (non-hydrogen) atoms. The summed E-state index contributed by atoms with van der Waals surface area (Å²) in [6, 6.07) is 16.6. The minimum absolute atomic E-state index is 0.0567. The van der Waals surface area contributed by atoms with Crippen LogP contribution in [0.5, 0.6) is 0 Å². The van der Waals surface area contributed by atoms with Gasteiger partial charge in [0.1, 0.15) is 6.04 Å². The maximum Gasteiger partial charge on any atom is 0.321 e. The zero-order valence-electron chi connectivity index (χ0n) is 16.5. The molecule has 3 amide bonds. The van der Waals surface area contributed by atoms with Gasteiger partial charge < -0.3 is 5.32 Å². The van der Waals surface area contributed by atoms with Gasteiger partial charge in [-0.05, 0) is 36.0 Å². The number of nitrogens with one attached hydrogen (secondary N) is 3. The Bertz CT molecular complexity index is 742. The van der Waals surface area contributed by atoms with E-state index in [-0.39, 0.29) is 11.9 Å². The summed E-state index contributed by atoms with van der Waals surface area (Å²) in [7, 11) is 1.48. The van der Waals surface area contributed by atoms with E-state index >= 15 is 0 Å². The molecule has 0 fully saturated rings. The van der Waals surface area contributed by atoms with Crippen molar-refractivity contribution in [3.8, 4) is 0 Å². The molecule has 0 aliphatic rings. The molecule has 2 rings (SSSR count). The Kier molecular flexibility index (Phi) is 7.55. The highest BCUT2D eigenvalue weighted by atomic mass is 16.2. The maximum atomic E-state index is 12.6. The third kappa shape index (κ3) is 6.22. The smallest absolute Gasteiger partial charge is 0.321 e. The number of urea groups is 1. The molecule has 2 aromatic rings. The molecule has 2 aromatic carbocycles. The first-order valence-corrected chi connectivity index (χ1v) is 9.33. The molecule has 0 radical (unpaired) electrons. The highest BCUT2D eigenvalue weighted by Crippen LogP contribution is 2.21. The highest BCUT2D eigenvalue weighted by molar-refractivity contribution is 5.97. The summed E-state index contributed by atoms with van der Waals surface area (Å²) in [6.45, 7) is 6.42. The van der Waals surface area contributed by atoms with Crippen LogP contribution in [0.1, 0.15) is 49.5 Å². The van der Waals surface area contributed by atoms with Gasteiger partial charge in [-0.25, -0.2) is 4.79 Å². The summed E-state index contributed by atoms with van der Waals surface area (Å²) in [5, 5.41) is 8.12. The van der Waals surface area contributed by atoms with Crippen LogP contribution in [0.15, 0.2) is 54.6 Å². The molecule has 3 N–H and O–H groups in total. The zero-order chi connectivity index (χ0) is 19.8. The summed E-state index contributed by atoms with van der Waals surface area (Å²) < 4.78 is 0. The van der Waals surface area contributed by atoms with Crippen molar-refractivity contribution in [3.05, 3.63) is 71.3 Å². The third-order valence-electron chi connectivity index (χ3n) is 4.40. The average molecular weight is 367 g/mol. The van der Waals surface area contributed by atoms with Crippen LogP contribution in [0.25, 0.3) is 0 Å². The fraction of sp³-hybridized carbons (Fsp3) is 0.364. The van der Waals surface area contributed by atoms with Crippen molar-refractivity contribution in [3.63, 3.8) is 0 Å². The second kappa shape index (κ2) is 9.88. The number of imide groups is 1. The molecule has 0 bridgehead atoms. The van der Waals surface area contributed by atoms with E-state index in [1.54, 1.807) is 0 Å². The van der Waals surface area contributed by atoms with E-state index in [2.05, 4.69) is 54.1 Å². The normalized spacial score (nSPS) is 13.1. The number of amides is 3. The number of carbonyl (C=O) groups excluding carboxylic acids is 2. The van der Waals surface area contributed by atoms with Crippen molar-refractivity contribution in [2.75, 3.05) is 7.05 Å². The van der Waals surface area contributed by atoms with Gasteiger partial charge in [-0.2, -0.15) is 0 Å². The van der Waals surface area contributed by atoms with Crippen LogP contribution in [0, 0.1) is 5.92 Å². The topological polar surface area (TPSA) is 70.2 Å². The van der Waals surface area contributed by atoms with E-state index in [9.17, 15) is 9.59 Å². The van der Waals surface area contributed by atoms with E-state index in [1.165, 1.54) is 12.6 Å². The van der Waals surface area contributed by atoms with Crippen molar-refractivity contribution >= 4 is 11.9 Å². The molecule has 5 heteroatoms. The standard InChI is InChI=1S/C22H29N3O2/c1-15(2)14-17-10-12-18(13-11-17)16(3)24-20(19-8-6-5-7-9-19)21(26)25-22(27)23-4/h5-13,15-16,20,24H,14H2,1-4H3,(H2,23,25,26,27)/t16-,20+/m1/s1. The van der Waals surface area contributed by atoms with E-state index in [0.717, 1.165) is 17.5 Å². The fourth-order valence-electron chi connectivity index (χ4n) is 2.98. The van der Waals surface area contributed by atoms with Crippen molar-refractivity contribution in [2.45, 2.75) is 39.3 Å². The van der Waals surface area contributed by atoms with Gasteiger partial charge in [0, 0.05) is 13.1 Å². The molecule has 0 aromatic heterocycles. The van der Waals surface area contributed by atoms with Crippen LogP contribution >= 0.6 is 0 Å². The quantitative estimate of drug-likeness (QED) is 0.698. The number of benzene rings is 2. The van der Waals surface area contributed by atoms with Crippen molar-refractivity contribution < 1.29 is 9.59 Å². The summed E-state index contributed by atoms with van der Waals surface area (Å²) in [4.78, 5) is 24.2. The van der Waals surface area contributed by atoms with E-state index in [1.807, 2.05) is 37.3 Å². The van der Waals surface area contributed by atoms with Crippen LogP contribution in [0.4, 0.5) is 4.79 Å². The largest absolute Gasteiger partial charge is 0.341 e. The van der Waals surface area contributed by atoms with Crippen molar-refractivity contribution in [1.82, 2.24) is 16.0 Å². The van der Waals surface area contributed by atoms with Gasteiger partial charge in [-0.1, -0.05) is 68.4 Å². The van der Waals surface area contributed by atoms with E-state index in [4.69, 9.17) is 0 Å². The van der Waals surface area contributed by atoms with Crippen molar-refractivity contribution in [2.24, 2.45) is 5.92 Å². The van der Waals surface area contributed by atoms with Crippen LogP contribution in [0.2, 0.25) is 0 Å². The van der Waals surface area contributed by atoms with Gasteiger partial charge in [0.15, 0.2) is 0 Å². The van der Waals surface area contributed by atoms with Crippen LogP contribution < -0.4 is 16.0 Å². The van der Waals surface area contributed by atoms with Gasteiger partial charge >= 0.3 is 6.03 Å². The SMILES string of the molecule is CNC(=O)NC(=O)[C@@H](N[C@H](C)c1ccc(CC(C)C)cc1)c1ccccc1. The summed E-state index contributed by atoms with van der Waals surface area (Å²) >= 11 is 0. The lowest BCUT2D eigenvalue weighted by Gasteiger charge is -2.23. The molecule has 0 saturated carbocycles. The Morgan fingerprint density at radius 3 is 2.07 bits per heavy atom. The number of hydrogen-bond donors (Lipinski definition) is 3. The average Bonchev–Trinajstić information content (AvgIpc) is 2.66. The lowest BCUT2D eigenvalue weighted by Crippen LogP contribution is -2.44. The summed E-state index contributed by atoms with van der Waals surface area (Å²) in [5.41, 5.74) is 3.20. The van der Waals surface area contributed by atoms with Gasteiger partial charge in [0.05, 0.1) is 0 Å². The molecule has 0 heterocycles. The molecule has 0 spiro atoms. The third-order valence-corrected chi connectivity index (χ3v) is 4.40. The van der Waals surface area contributed by atoms with E-state index < -0.39 is 12.1 Å². The molecule has 0 aliphatic heterocycles. The van der Waals surface area contributed by atoms with Gasteiger partial charge in [0.25, 0.3) is 0 Å². The maximum absolute atomic E-state index is 12.6. The Morgan fingerprint density at radius 1 is 0.889 bits per heavy atom. The van der Waals surface area contributed by atoms with E-state index in [0.29, 0.717) is 5.92 Å². The molecule has 0 unspecified atom stereocenters. The van der Waals surface area contributed by atoms with Crippen LogP contribution in [-0.4, -0.2) is 19.0 Å². The second-order valence-electron chi connectivity index (χ2n) is 7.14. The molecular formula is C22H29N3O2. The van der Waals surface area contributed by atoms with Crippen LogP contribution in [0.3, 0.4) is 0 Å². The summed E-state index contributed by atoms with van der Waals surface area (Å²) in [6.07, 6.45) is 1.04. The number of carbonyl (C=O) groups is 2. The molecule has 2 atom stereocenters. The Balaban J connectivity index is 2.16. The Morgan fingerprint density at radius 2 is 1.52 bits per heavy atom. The lowest BCUT2D eigenvalue weighted by atomic mass is 9.98. The fourth-order valence-corrected chi connectivity index (χ4v) is 2.98. The molecular weight excluding hydrogens is 338 g/mol. The van der Waals surface area contributed by atoms with Gasteiger partial charge in [-0.3, -0.25) is 15.4 Å². The Hall–Kier alpha value is -2.66. The molecule has 0 aliphatic carbocycles. The number of rotatable bonds is 7. The Labute approximate surface area is 161 Å². The molecule has 5 nitrogen and oxygen atoms in total. The monoisotopic (exact) mass is 367 g/mol. The summed E-state index contributed by atoms with van der Waals surface area (Å²) in [5.74, 6) is 0.228. The minimum Gasteiger partial charge on any atom is -0.341 e. The predicted molar refractivity (Wildman–Crippen MR) is 108 cm³/mol. The first-order valence-electron chi connectivity index (χ1n) is 9.33. The molecule has 144 valence electrons. The highest BCUT2D eigenvalue weighted by Gasteiger charge is 2.24. The number of hydrogen-bond acceptors (Lipinski definition) is 3. The minimum atomic E-state index is -0.631. The zero-order valence-corrected chi connectivity index (χ0v) is 16.5. The van der Waals surface area contributed by atoms with Gasteiger partial charge in [-0.15, -0.1) is 0 Å². The first kappa shape index (κ1) is 20.6. The predicted octanol–water partition coefficient (Wildman–Crippen LogP) is 3.73. The molecule has 0 saturated heterocycles. The van der Waals surface area contributed by atoms with Crippen molar-refractivity contribution in [1.29, 1.82) is 0 Å². The van der Waals surface area contributed by atoms with Crippen LogP contribution in [-0.2, 0) is 11.2 Å². The lowest BCUT2D eigenvalue weighted by molar-refractivity contribution is -0.122.